The van der Waals surface area contributed by atoms with Crippen molar-refractivity contribution in [1.82, 2.24) is 24.6 Å². The van der Waals surface area contributed by atoms with Gasteiger partial charge in [0.25, 0.3) is 0 Å². The summed E-state index contributed by atoms with van der Waals surface area (Å²) in [5, 5.41) is 11.9. The third kappa shape index (κ3) is 10.7. The molecule has 1 amide bonds. The van der Waals surface area contributed by atoms with Crippen molar-refractivity contribution in [2.45, 2.75) is 48.3 Å². The fourth-order valence-corrected chi connectivity index (χ4v) is 7.67. The average Bonchev–Trinajstić information content (AvgIpc) is 3.66. The number of nitriles is 1. The first-order valence-corrected chi connectivity index (χ1v) is 18.9. The number of thioether (sulfide) groups is 1. The Morgan fingerprint density at radius 1 is 1.05 bits per heavy atom. The highest BCUT2D eigenvalue weighted by atomic mass is 32.2. The number of benzene rings is 2. The van der Waals surface area contributed by atoms with Gasteiger partial charge in [0, 0.05) is 53.7 Å². The van der Waals surface area contributed by atoms with E-state index in [0.29, 0.717) is 30.8 Å². The SMILES string of the molecule is CC(SC1COC(C=CC=Cc2ccc(C#N)cc2F)OC1)C(Cn1cncn1)(OC(=O)OCOC(=O)C=CC(=O)N1CC(N2CCC2)C1)c1ccc(F)cc1F. The van der Waals surface area contributed by atoms with Crippen molar-refractivity contribution in [2.75, 3.05) is 46.2 Å². The van der Waals surface area contributed by atoms with E-state index in [1.54, 1.807) is 30.1 Å². The van der Waals surface area contributed by atoms with Gasteiger partial charge in [0.2, 0.25) is 12.7 Å². The number of ether oxygens (including phenoxy) is 5. The molecule has 2 atom stereocenters. The number of amides is 1. The molecule has 3 saturated heterocycles. The Labute approximate surface area is 330 Å². The number of esters is 1. The molecule has 0 spiro atoms. The maximum atomic E-state index is 15.7. The van der Waals surface area contributed by atoms with Gasteiger partial charge in [0.05, 0.1) is 36.6 Å². The highest BCUT2D eigenvalue weighted by molar-refractivity contribution is 8.00. The van der Waals surface area contributed by atoms with E-state index in [2.05, 4.69) is 15.0 Å². The summed E-state index contributed by atoms with van der Waals surface area (Å²) in [6, 6.07) is 9.21. The molecule has 2 unspecified atom stereocenters. The lowest BCUT2D eigenvalue weighted by atomic mass is 9.89. The molecule has 0 saturated carbocycles. The molecule has 2 aromatic carbocycles. The van der Waals surface area contributed by atoms with Crippen LogP contribution >= 0.6 is 11.8 Å². The topological polar surface area (TPSA) is 158 Å². The van der Waals surface area contributed by atoms with Gasteiger partial charge in [-0.25, -0.2) is 32.4 Å². The summed E-state index contributed by atoms with van der Waals surface area (Å²) in [5.74, 6) is -3.69. The minimum atomic E-state index is -1.91. The molecular weight excluding hydrogens is 770 g/mol. The summed E-state index contributed by atoms with van der Waals surface area (Å²) < 4.78 is 73.0. The summed E-state index contributed by atoms with van der Waals surface area (Å²) in [6.07, 6.45) is 10.0. The minimum Gasteiger partial charge on any atom is -0.425 e. The molecule has 3 aromatic rings. The molecular formula is C39H39F3N6O8S. The smallest absolute Gasteiger partial charge is 0.425 e. The van der Waals surface area contributed by atoms with E-state index < -0.39 is 53.5 Å². The first-order valence-electron chi connectivity index (χ1n) is 18.0. The molecule has 3 fully saturated rings. The van der Waals surface area contributed by atoms with Gasteiger partial charge in [0.15, 0.2) is 11.9 Å². The van der Waals surface area contributed by atoms with Gasteiger partial charge in [-0.3, -0.25) is 9.69 Å². The maximum absolute atomic E-state index is 15.7. The van der Waals surface area contributed by atoms with Crippen LogP contribution in [-0.2, 0) is 45.4 Å². The molecule has 14 nitrogen and oxygen atoms in total. The van der Waals surface area contributed by atoms with Gasteiger partial charge < -0.3 is 28.6 Å². The number of halogens is 3. The lowest BCUT2D eigenvalue weighted by Gasteiger charge is -2.48. The lowest BCUT2D eigenvalue weighted by molar-refractivity contribution is -0.150. The molecule has 3 aliphatic heterocycles. The number of carbonyl (C=O) groups excluding carboxylic acids is 3. The predicted molar refractivity (Wildman–Crippen MR) is 198 cm³/mol. The molecule has 6 rings (SSSR count). The number of hydrogen-bond donors (Lipinski definition) is 0. The Morgan fingerprint density at radius 3 is 2.51 bits per heavy atom. The molecule has 18 heteroatoms. The Morgan fingerprint density at radius 2 is 1.84 bits per heavy atom. The van der Waals surface area contributed by atoms with Crippen molar-refractivity contribution in [3.63, 3.8) is 0 Å². The third-order valence-electron chi connectivity index (χ3n) is 9.57. The number of aromatic nitrogens is 3. The highest BCUT2D eigenvalue weighted by Crippen LogP contribution is 2.42. The standard InChI is InChI=1S/C39H39F3N6O8S/c1-26(57-31-20-52-37(53-21-31)6-3-2-5-28-8-7-27(17-43)15-33(28)41)39(22-48-24-44-23-45-48,32-10-9-29(40)16-34(32)42)56-38(51)55-25-54-36(50)12-11-35(49)47-18-30(19-47)46-13-4-14-46/h2-3,5-12,15-16,23-24,26,30-31,37H,4,13-14,18-22,25H2,1H3. The van der Waals surface area contributed by atoms with Crippen molar-refractivity contribution in [2.24, 2.45) is 0 Å². The Hall–Kier alpha value is -5.48. The normalized spacial score (nSPS) is 20.4. The molecule has 57 heavy (non-hydrogen) atoms. The minimum absolute atomic E-state index is 0.163. The second kappa shape index (κ2) is 19.1. The summed E-state index contributed by atoms with van der Waals surface area (Å²) in [7, 11) is 0. The van der Waals surface area contributed by atoms with E-state index in [9.17, 15) is 23.2 Å². The van der Waals surface area contributed by atoms with Crippen LogP contribution in [0, 0.1) is 28.8 Å². The highest BCUT2D eigenvalue weighted by Gasteiger charge is 2.47. The van der Waals surface area contributed by atoms with Gasteiger partial charge in [-0.05, 0) is 56.8 Å². The maximum Gasteiger partial charge on any atom is 0.512 e. The van der Waals surface area contributed by atoms with Gasteiger partial charge in [0.1, 0.15) is 30.1 Å². The monoisotopic (exact) mass is 808 g/mol. The molecule has 300 valence electrons. The average molecular weight is 809 g/mol. The van der Waals surface area contributed by atoms with Crippen LogP contribution in [0.25, 0.3) is 6.08 Å². The van der Waals surface area contributed by atoms with Crippen LogP contribution in [-0.4, -0.2) is 112 Å². The second-order valence-corrected chi connectivity index (χ2v) is 15.0. The van der Waals surface area contributed by atoms with Crippen molar-refractivity contribution in [3.8, 4) is 6.07 Å². The van der Waals surface area contributed by atoms with Gasteiger partial charge in [-0.1, -0.05) is 24.3 Å². The second-order valence-electron chi connectivity index (χ2n) is 13.3. The number of carbonyl (C=O) groups is 3. The summed E-state index contributed by atoms with van der Waals surface area (Å²) in [5.41, 5.74) is -1.59. The summed E-state index contributed by atoms with van der Waals surface area (Å²) in [4.78, 5) is 45.8. The Bertz CT molecular complexity index is 2030. The van der Waals surface area contributed by atoms with E-state index in [1.807, 2.05) is 6.07 Å². The van der Waals surface area contributed by atoms with E-state index >= 15 is 4.39 Å². The van der Waals surface area contributed by atoms with Crippen LogP contribution in [0.15, 0.2) is 79.4 Å². The number of likely N-dealkylation sites (tertiary alicyclic amines) is 2. The number of hydrogen-bond acceptors (Lipinski definition) is 13. The number of allylic oxidation sites excluding steroid dienone is 2. The number of rotatable bonds is 15. The molecule has 3 aliphatic rings. The van der Waals surface area contributed by atoms with Crippen LogP contribution < -0.4 is 0 Å². The molecule has 0 aliphatic carbocycles. The van der Waals surface area contributed by atoms with Crippen LogP contribution in [0.1, 0.15) is 30.0 Å². The molecule has 0 radical (unpaired) electrons. The van der Waals surface area contributed by atoms with Gasteiger partial charge in [-0.15, -0.1) is 11.8 Å². The van der Waals surface area contributed by atoms with E-state index in [-0.39, 0.29) is 42.0 Å². The van der Waals surface area contributed by atoms with Crippen molar-refractivity contribution < 1.29 is 51.2 Å². The fraction of sp³-hybridized carbons (Fsp3) is 0.385. The molecule has 1 aromatic heterocycles. The van der Waals surface area contributed by atoms with Crippen LogP contribution in [0.3, 0.4) is 0 Å². The van der Waals surface area contributed by atoms with E-state index in [1.165, 1.54) is 47.3 Å². The van der Waals surface area contributed by atoms with E-state index in [4.69, 9.17) is 28.9 Å². The third-order valence-corrected chi connectivity index (χ3v) is 11.0. The van der Waals surface area contributed by atoms with Crippen molar-refractivity contribution >= 4 is 35.9 Å². The van der Waals surface area contributed by atoms with Gasteiger partial charge in [-0.2, -0.15) is 10.4 Å². The van der Waals surface area contributed by atoms with Crippen LogP contribution in [0.4, 0.5) is 18.0 Å². The predicted octanol–water partition coefficient (Wildman–Crippen LogP) is 4.72. The van der Waals surface area contributed by atoms with Crippen LogP contribution in [0.2, 0.25) is 0 Å². The molecule has 4 heterocycles. The van der Waals surface area contributed by atoms with Crippen molar-refractivity contribution in [3.05, 3.63) is 114 Å². The Balaban J connectivity index is 1.07. The summed E-state index contributed by atoms with van der Waals surface area (Å²) >= 11 is 1.24. The zero-order chi connectivity index (χ0) is 40.4. The van der Waals surface area contributed by atoms with Crippen LogP contribution in [0.5, 0.6) is 0 Å². The fourth-order valence-electron chi connectivity index (χ4n) is 6.30. The zero-order valence-electron chi connectivity index (χ0n) is 30.7. The Kier molecular flexibility index (Phi) is 13.8. The lowest BCUT2D eigenvalue weighted by Crippen LogP contribution is -2.63. The van der Waals surface area contributed by atoms with Crippen molar-refractivity contribution in [1.29, 1.82) is 5.26 Å². The van der Waals surface area contributed by atoms with Gasteiger partial charge >= 0.3 is 12.1 Å². The largest absolute Gasteiger partial charge is 0.512 e. The number of nitrogens with zero attached hydrogens (tertiary/aromatic N) is 6. The molecule has 0 bridgehead atoms. The summed E-state index contributed by atoms with van der Waals surface area (Å²) in [6.45, 7) is 4.03. The first kappa shape index (κ1) is 41.2. The molecule has 0 N–H and O–H groups in total. The first-order chi connectivity index (χ1) is 27.5. The quantitative estimate of drug-likeness (QED) is 0.0900. The zero-order valence-corrected chi connectivity index (χ0v) is 31.6. The van der Waals surface area contributed by atoms with E-state index in [0.717, 1.165) is 49.9 Å².